The molecule has 0 amide bonds. The SMILES string of the molecule is COc1cc(OC)c(Cl)c([C@H]2CCc3c(-c4ccccc4N)n[nH]c3C2)c1Cl. The van der Waals surface area contributed by atoms with Crippen LogP contribution in [0.5, 0.6) is 11.5 Å². The van der Waals surface area contributed by atoms with Crippen molar-refractivity contribution in [3.05, 3.63) is 57.2 Å². The monoisotopic (exact) mass is 417 g/mol. The molecule has 1 aliphatic carbocycles. The van der Waals surface area contributed by atoms with Crippen molar-refractivity contribution in [2.24, 2.45) is 0 Å². The molecule has 1 aromatic heterocycles. The Kier molecular flexibility index (Phi) is 5.13. The number of H-pyrrole nitrogens is 1. The van der Waals surface area contributed by atoms with Gasteiger partial charge < -0.3 is 15.2 Å². The number of nitrogens with two attached hydrogens (primary N) is 1. The summed E-state index contributed by atoms with van der Waals surface area (Å²) in [5.41, 5.74) is 11.9. The van der Waals surface area contributed by atoms with Crippen LogP contribution < -0.4 is 15.2 Å². The van der Waals surface area contributed by atoms with E-state index in [1.807, 2.05) is 24.3 Å². The second-order valence-corrected chi connectivity index (χ2v) is 7.63. The number of hydrogen-bond donors (Lipinski definition) is 2. The lowest BCUT2D eigenvalue weighted by Crippen LogP contribution is -2.14. The molecule has 0 saturated carbocycles. The van der Waals surface area contributed by atoms with Crippen molar-refractivity contribution < 1.29 is 9.47 Å². The van der Waals surface area contributed by atoms with Gasteiger partial charge in [-0.25, -0.2) is 0 Å². The third-order valence-electron chi connectivity index (χ3n) is 5.38. The molecule has 0 unspecified atom stereocenters. The van der Waals surface area contributed by atoms with Gasteiger partial charge in [0.2, 0.25) is 0 Å². The highest BCUT2D eigenvalue weighted by atomic mass is 35.5. The molecule has 0 spiro atoms. The van der Waals surface area contributed by atoms with Gasteiger partial charge in [0.15, 0.2) is 0 Å². The van der Waals surface area contributed by atoms with E-state index >= 15 is 0 Å². The van der Waals surface area contributed by atoms with Crippen LogP contribution in [0.25, 0.3) is 11.3 Å². The standard InChI is InChI=1S/C21H21Cl2N3O2/c1-27-16-10-17(28-2)20(23)18(19(16)22)11-7-8-13-15(9-11)25-26-21(13)12-5-3-4-6-14(12)24/h3-6,10-11H,7-9,24H2,1-2H3,(H,25,26)/t11-/m0/s1. The molecule has 5 nitrogen and oxygen atoms in total. The maximum Gasteiger partial charge on any atom is 0.141 e. The predicted octanol–water partition coefficient (Wildman–Crippen LogP) is 5.26. The molecule has 1 heterocycles. The van der Waals surface area contributed by atoms with Crippen LogP contribution in [-0.4, -0.2) is 24.4 Å². The number of halogens is 2. The molecule has 0 bridgehead atoms. The second-order valence-electron chi connectivity index (χ2n) is 6.88. The van der Waals surface area contributed by atoms with Crippen molar-refractivity contribution in [1.82, 2.24) is 10.2 Å². The number of para-hydroxylation sites is 1. The number of rotatable bonds is 4. The molecular weight excluding hydrogens is 397 g/mol. The number of ether oxygens (including phenoxy) is 2. The van der Waals surface area contributed by atoms with Gasteiger partial charge in [0.25, 0.3) is 0 Å². The van der Waals surface area contributed by atoms with Gasteiger partial charge >= 0.3 is 0 Å². The lowest BCUT2D eigenvalue weighted by Gasteiger charge is -2.26. The summed E-state index contributed by atoms with van der Waals surface area (Å²) in [7, 11) is 3.17. The fourth-order valence-corrected chi connectivity index (χ4v) is 4.76. The van der Waals surface area contributed by atoms with E-state index in [-0.39, 0.29) is 5.92 Å². The van der Waals surface area contributed by atoms with Crippen molar-refractivity contribution in [1.29, 1.82) is 0 Å². The summed E-state index contributed by atoms with van der Waals surface area (Å²) in [6.45, 7) is 0. The van der Waals surface area contributed by atoms with Crippen LogP contribution in [0.1, 0.15) is 29.2 Å². The molecule has 0 radical (unpaired) electrons. The van der Waals surface area contributed by atoms with Gasteiger partial charge in [-0.15, -0.1) is 0 Å². The smallest absolute Gasteiger partial charge is 0.141 e. The highest BCUT2D eigenvalue weighted by molar-refractivity contribution is 6.38. The fourth-order valence-electron chi connectivity index (χ4n) is 3.95. The molecule has 3 aromatic rings. The zero-order valence-electron chi connectivity index (χ0n) is 15.7. The van der Waals surface area contributed by atoms with Crippen LogP contribution >= 0.6 is 23.2 Å². The Hall–Kier alpha value is -2.37. The van der Waals surface area contributed by atoms with E-state index in [9.17, 15) is 0 Å². The highest BCUT2D eigenvalue weighted by Gasteiger charge is 2.30. The number of methoxy groups -OCH3 is 2. The van der Waals surface area contributed by atoms with Crippen LogP contribution in [-0.2, 0) is 12.8 Å². The molecule has 0 fully saturated rings. The summed E-state index contributed by atoms with van der Waals surface area (Å²) < 4.78 is 10.8. The quantitative estimate of drug-likeness (QED) is 0.568. The van der Waals surface area contributed by atoms with Gasteiger partial charge in [-0.1, -0.05) is 41.4 Å². The Morgan fingerprint density at radius 3 is 2.43 bits per heavy atom. The topological polar surface area (TPSA) is 73.2 Å². The van der Waals surface area contributed by atoms with E-state index in [4.69, 9.17) is 38.4 Å². The van der Waals surface area contributed by atoms with E-state index in [2.05, 4.69) is 10.2 Å². The van der Waals surface area contributed by atoms with E-state index < -0.39 is 0 Å². The maximum atomic E-state index is 6.62. The van der Waals surface area contributed by atoms with Gasteiger partial charge in [-0.3, -0.25) is 5.10 Å². The lowest BCUT2D eigenvalue weighted by atomic mass is 9.81. The van der Waals surface area contributed by atoms with Gasteiger partial charge in [-0.05, 0) is 31.2 Å². The molecule has 1 atom stereocenters. The summed E-state index contributed by atoms with van der Waals surface area (Å²) in [5.74, 6) is 1.26. The molecular formula is C21H21Cl2N3O2. The molecule has 2 aromatic carbocycles. The number of anilines is 1. The second kappa shape index (κ2) is 7.57. The van der Waals surface area contributed by atoms with Crippen molar-refractivity contribution in [2.75, 3.05) is 20.0 Å². The molecule has 3 N–H and O–H groups in total. The first kappa shape index (κ1) is 19.0. The minimum Gasteiger partial charge on any atom is -0.495 e. The maximum absolute atomic E-state index is 6.62. The molecule has 7 heteroatoms. The Balaban J connectivity index is 1.73. The van der Waals surface area contributed by atoms with Crippen LogP contribution in [0.3, 0.4) is 0 Å². The number of nitrogen functional groups attached to an aromatic ring is 1. The average molecular weight is 418 g/mol. The molecule has 4 rings (SSSR count). The number of aromatic nitrogens is 2. The third-order valence-corrected chi connectivity index (χ3v) is 6.16. The Labute approximate surface area is 173 Å². The van der Waals surface area contributed by atoms with Crippen molar-refractivity contribution in [3.63, 3.8) is 0 Å². The minimum atomic E-state index is 0.137. The van der Waals surface area contributed by atoms with E-state index in [0.717, 1.165) is 47.5 Å². The number of fused-ring (bicyclic) bond motifs is 1. The summed E-state index contributed by atoms with van der Waals surface area (Å²) in [6.07, 6.45) is 2.50. The van der Waals surface area contributed by atoms with Gasteiger partial charge in [0.1, 0.15) is 11.5 Å². The van der Waals surface area contributed by atoms with Crippen molar-refractivity contribution >= 4 is 28.9 Å². The van der Waals surface area contributed by atoms with Crippen LogP contribution in [0.2, 0.25) is 10.0 Å². The zero-order valence-corrected chi connectivity index (χ0v) is 17.2. The van der Waals surface area contributed by atoms with E-state index in [0.29, 0.717) is 21.5 Å². The van der Waals surface area contributed by atoms with E-state index in [1.54, 1.807) is 20.3 Å². The molecule has 1 aliphatic rings. The van der Waals surface area contributed by atoms with E-state index in [1.165, 1.54) is 5.56 Å². The zero-order chi connectivity index (χ0) is 19.8. The molecule has 0 aliphatic heterocycles. The number of nitrogens with one attached hydrogen (secondary N) is 1. The first-order valence-electron chi connectivity index (χ1n) is 9.06. The normalized spacial score (nSPS) is 15.9. The Morgan fingerprint density at radius 1 is 1.11 bits per heavy atom. The van der Waals surface area contributed by atoms with Gasteiger partial charge in [-0.2, -0.15) is 5.10 Å². The summed E-state index contributed by atoms with van der Waals surface area (Å²) in [5, 5.41) is 8.81. The molecule has 146 valence electrons. The summed E-state index contributed by atoms with van der Waals surface area (Å²) in [6, 6.07) is 9.51. The van der Waals surface area contributed by atoms with Crippen LogP contribution in [0.15, 0.2) is 30.3 Å². The number of aromatic amines is 1. The van der Waals surface area contributed by atoms with Crippen molar-refractivity contribution in [3.8, 4) is 22.8 Å². The summed E-state index contributed by atoms with van der Waals surface area (Å²) >= 11 is 13.2. The van der Waals surface area contributed by atoms with Crippen LogP contribution in [0, 0.1) is 0 Å². The first-order chi connectivity index (χ1) is 13.5. The minimum absolute atomic E-state index is 0.137. The highest BCUT2D eigenvalue weighted by Crippen LogP contribution is 2.47. The van der Waals surface area contributed by atoms with Gasteiger partial charge in [0.05, 0.1) is 30.0 Å². The fraction of sp³-hybridized carbons (Fsp3) is 0.286. The summed E-state index contributed by atoms with van der Waals surface area (Å²) in [4.78, 5) is 0. The lowest BCUT2D eigenvalue weighted by molar-refractivity contribution is 0.392. The van der Waals surface area contributed by atoms with Crippen molar-refractivity contribution in [2.45, 2.75) is 25.2 Å². The molecule has 0 saturated heterocycles. The first-order valence-corrected chi connectivity index (χ1v) is 9.81. The third kappa shape index (κ3) is 3.09. The van der Waals surface area contributed by atoms with Crippen LogP contribution in [0.4, 0.5) is 5.69 Å². The largest absolute Gasteiger partial charge is 0.495 e. The average Bonchev–Trinajstić information content (AvgIpc) is 3.12. The number of hydrogen-bond acceptors (Lipinski definition) is 4. The number of nitrogens with zero attached hydrogens (tertiary/aromatic N) is 1. The van der Waals surface area contributed by atoms with Gasteiger partial charge in [0, 0.05) is 34.1 Å². The predicted molar refractivity (Wildman–Crippen MR) is 113 cm³/mol. The number of benzene rings is 2. The Bertz CT molecular complexity index is 1000. The molecule has 28 heavy (non-hydrogen) atoms. The Morgan fingerprint density at radius 2 is 1.79 bits per heavy atom.